The number of carbonyl (C=O) groups excluding carboxylic acids is 1. The highest BCUT2D eigenvalue weighted by Crippen LogP contribution is 2.27. The lowest BCUT2D eigenvalue weighted by Crippen LogP contribution is -1.94. The SMILES string of the molecule is CC(=O)CC/C=C/C(Cl)(Cl)Cl. The quantitative estimate of drug-likeness (QED) is 0.522. The number of Topliss-reactive ketones (excluding diaryl/α,β-unsaturated/α-hetero) is 1. The summed E-state index contributed by atoms with van der Waals surface area (Å²) in [6, 6.07) is 0. The molecule has 64 valence electrons. The molecule has 0 aliphatic rings. The van der Waals surface area contributed by atoms with Crippen LogP contribution in [-0.4, -0.2) is 9.58 Å². The maximum atomic E-state index is 10.4. The molecule has 0 saturated carbocycles. The Morgan fingerprint density at radius 3 is 2.36 bits per heavy atom. The Bertz CT molecular complexity index is 158. The number of hydrogen-bond donors (Lipinski definition) is 0. The summed E-state index contributed by atoms with van der Waals surface area (Å²) < 4.78 is -1.34. The monoisotopic (exact) mass is 214 g/mol. The first-order chi connectivity index (χ1) is 4.92. The van der Waals surface area contributed by atoms with Gasteiger partial charge < -0.3 is 4.79 Å². The molecule has 0 bridgehead atoms. The number of halogens is 3. The van der Waals surface area contributed by atoms with Crippen LogP contribution in [0.3, 0.4) is 0 Å². The van der Waals surface area contributed by atoms with Crippen molar-refractivity contribution in [1.82, 2.24) is 0 Å². The van der Waals surface area contributed by atoms with Gasteiger partial charge in [-0.05, 0) is 19.4 Å². The second-order valence-electron chi connectivity index (χ2n) is 2.18. The maximum absolute atomic E-state index is 10.4. The summed E-state index contributed by atoms with van der Waals surface area (Å²) in [6.07, 6.45) is 4.26. The van der Waals surface area contributed by atoms with Gasteiger partial charge >= 0.3 is 0 Å². The van der Waals surface area contributed by atoms with Gasteiger partial charge in [-0.2, -0.15) is 0 Å². The number of hydrogen-bond acceptors (Lipinski definition) is 1. The van der Waals surface area contributed by atoms with Crippen LogP contribution in [0.1, 0.15) is 19.8 Å². The zero-order chi connectivity index (χ0) is 8.91. The van der Waals surface area contributed by atoms with E-state index < -0.39 is 3.79 Å². The van der Waals surface area contributed by atoms with Crippen molar-refractivity contribution >= 4 is 40.6 Å². The summed E-state index contributed by atoms with van der Waals surface area (Å²) in [6.45, 7) is 1.53. The third-order valence-electron chi connectivity index (χ3n) is 0.970. The standard InChI is InChI=1S/C7H9Cl3O/c1-6(11)4-2-3-5-7(8,9)10/h3,5H,2,4H2,1H3/b5-3+. The fourth-order valence-electron chi connectivity index (χ4n) is 0.504. The molecule has 0 aromatic carbocycles. The van der Waals surface area contributed by atoms with Gasteiger partial charge in [0.1, 0.15) is 5.78 Å². The minimum atomic E-state index is -1.34. The molecule has 0 N–H and O–H groups in total. The Hall–Kier alpha value is 0.280. The topological polar surface area (TPSA) is 17.1 Å². The van der Waals surface area contributed by atoms with Gasteiger partial charge in [-0.1, -0.05) is 40.9 Å². The second kappa shape index (κ2) is 5.02. The first-order valence-corrected chi connectivity index (χ1v) is 4.29. The molecular weight excluding hydrogens is 206 g/mol. The Morgan fingerprint density at radius 1 is 1.45 bits per heavy atom. The number of rotatable bonds is 3. The predicted octanol–water partition coefficient (Wildman–Crippen LogP) is 3.28. The number of ketones is 1. The molecule has 0 unspecified atom stereocenters. The van der Waals surface area contributed by atoms with E-state index in [-0.39, 0.29) is 5.78 Å². The van der Waals surface area contributed by atoms with Gasteiger partial charge in [0, 0.05) is 6.42 Å². The fraction of sp³-hybridized carbons (Fsp3) is 0.571. The average Bonchev–Trinajstić information content (AvgIpc) is 1.78. The van der Waals surface area contributed by atoms with Crippen molar-refractivity contribution < 1.29 is 4.79 Å². The van der Waals surface area contributed by atoms with Gasteiger partial charge in [-0.3, -0.25) is 0 Å². The first kappa shape index (κ1) is 11.3. The molecule has 0 radical (unpaired) electrons. The second-order valence-corrected chi connectivity index (χ2v) is 4.55. The Morgan fingerprint density at radius 2 is 2.00 bits per heavy atom. The molecule has 0 aliphatic carbocycles. The molecule has 0 fully saturated rings. The highest BCUT2D eigenvalue weighted by molar-refractivity contribution is 6.68. The molecule has 0 saturated heterocycles. The molecule has 0 atom stereocenters. The largest absolute Gasteiger partial charge is 0.300 e. The normalized spacial score (nSPS) is 12.4. The van der Waals surface area contributed by atoms with E-state index in [1.807, 2.05) is 0 Å². The molecule has 0 spiro atoms. The lowest BCUT2D eigenvalue weighted by Gasteiger charge is -2.01. The lowest BCUT2D eigenvalue weighted by atomic mass is 10.2. The van der Waals surface area contributed by atoms with Crippen LogP contribution in [-0.2, 0) is 4.79 Å². The van der Waals surface area contributed by atoms with E-state index in [0.29, 0.717) is 12.8 Å². The van der Waals surface area contributed by atoms with Gasteiger partial charge in [0.25, 0.3) is 0 Å². The van der Waals surface area contributed by atoms with Crippen LogP contribution in [0.2, 0.25) is 0 Å². The van der Waals surface area contributed by atoms with Crippen LogP contribution in [0.4, 0.5) is 0 Å². The highest BCUT2D eigenvalue weighted by atomic mass is 35.6. The van der Waals surface area contributed by atoms with E-state index in [1.54, 1.807) is 6.08 Å². The molecule has 0 aromatic heterocycles. The summed E-state index contributed by atoms with van der Waals surface area (Å²) in [4.78, 5) is 10.4. The molecule has 0 aliphatic heterocycles. The van der Waals surface area contributed by atoms with Gasteiger partial charge in [0.2, 0.25) is 3.79 Å². The molecular formula is C7H9Cl3O. The van der Waals surface area contributed by atoms with Crippen molar-refractivity contribution in [2.24, 2.45) is 0 Å². The summed E-state index contributed by atoms with van der Waals surface area (Å²) in [5, 5.41) is 0. The van der Waals surface area contributed by atoms with Crippen LogP contribution in [0, 0.1) is 0 Å². The Kier molecular flexibility index (Phi) is 5.15. The van der Waals surface area contributed by atoms with E-state index >= 15 is 0 Å². The van der Waals surface area contributed by atoms with Gasteiger partial charge in [0.05, 0.1) is 0 Å². The van der Waals surface area contributed by atoms with E-state index in [0.717, 1.165) is 0 Å². The fourth-order valence-corrected chi connectivity index (χ4v) is 0.771. The average molecular weight is 216 g/mol. The van der Waals surface area contributed by atoms with E-state index in [2.05, 4.69) is 0 Å². The van der Waals surface area contributed by atoms with Crippen LogP contribution in [0.25, 0.3) is 0 Å². The minimum absolute atomic E-state index is 0.138. The Balaban J connectivity index is 3.54. The van der Waals surface area contributed by atoms with Crippen molar-refractivity contribution in [3.63, 3.8) is 0 Å². The zero-order valence-corrected chi connectivity index (χ0v) is 8.38. The van der Waals surface area contributed by atoms with Crippen molar-refractivity contribution in [3.8, 4) is 0 Å². The van der Waals surface area contributed by atoms with E-state index in [1.165, 1.54) is 13.0 Å². The highest BCUT2D eigenvalue weighted by Gasteiger charge is 2.12. The smallest absolute Gasteiger partial charge is 0.209 e. The van der Waals surface area contributed by atoms with Gasteiger partial charge in [-0.15, -0.1) is 0 Å². The molecule has 11 heavy (non-hydrogen) atoms. The summed E-state index contributed by atoms with van der Waals surface area (Å²) in [5.74, 6) is 0.138. The van der Waals surface area contributed by atoms with Crippen LogP contribution >= 0.6 is 34.8 Å². The predicted molar refractivity (Wildman–Crippen MR) is 49.3 cm³/mol. The van der Waals surface area contributed by atoms with Gasteiger partial charge in [-0.25, -0.2) is 0 Å². The molecule has 4 heteroatoms. The first-order valence-electron chi connectivity index (χ1n) is 3.15. The van der Waals surface area contributed by atoms with E-state index in [4.69, 9.17) is 34.8 Å². The number of alkyl halides is 3. The van der Waals surface area contributed by atoms with Crippen molar-refractivity contribution in [1.29, 1.82) is 0 Å². The van der Waals surface area contributed by atoms with Crippen molar-refractivity contribution in [3.05, 3.63) is 12.2 Å². The van der Waals surface area contributed by atoms with Crippen LogP contribution in [0.15, 0.2) is 12.2 Å². The molecule has 0 aromatic rings. The van der Waals surface area contributed by atoms with Crippen molar-refractivity contribution in [2.75, 3.05) is 0 Å². The maximum Gasteiger partial charge on any atom is 0.209 e. The number of allylic oxidation sites excluding steroid dienone is 2. The summed E-state index contributed by atoms with van der Waals surface area (Å²) >= 11 is 16.2. The molecule has 0 amide bonds. The summed E-state index contributed by atoms with van der Waals surface area (Å²) in [5.41, 5.74) is 0. The van der Waals surface area contributed by atoms with Crippen LogP contribution in [0.5, 0.6) is 0 Å². The molecule has 0 rings (SSSR count). The van der Waals surface area contributed by atoms with Crippen LogP contribution < -0.4 is 0 Å². The minimum Gasteiger partial charge on any atom is -0.300 e. The third kappa shape index (κ3) is 10.3. The number of carbonyl (C=O) groups is 1. The van der Waals surface area contributed by atoms with E-state index in [9.17, 15) is 4.79 Å². The third-order valence-corrected chi connectivity index (χ3v) is 1.35. The lowest BCUT2D eigenvalue weighted by molar-refractivity contribution is -0.116. The molecule has 1 nitrogen and oxygen atoms in total. The van der Waals surface area contributed by atoms with Gasteiger partial charge in [0.15, 0.2) is 0 Å². The summed E-state index contributed by atoms with van der Waals surface area (Å²) in [7, 11) is 0. The van der Waals surface area contributed by atoms with Crippen molar-refractivity contribution in [2.45, 2.75) is 23.6 Å². The zero-order valence-electron chi connectivity index (χ0n) is 6.11. The Labute approximate surface area is 81.3 Å². The molecule has 0 heterocycles.